The minimum Gasteiger partial charge on any atom is -0.493 e. The van der Waals surface area contributed by atoms with Crippen molar-refractivity contribution < 1.29 is 14.2 Å². The summed E-state index contributed by atoms with van der Waals surface area (Å²) >= 11 is 0. The smallest absolute Gasteiger partial charge is 0.177 e. The van der Waals surface area contributed by atoms with Gasteiger partial charge in [0.25, 0.3) is 0 Å². The Morgan fingerprint density at radius 2 is 2.03 bits per heavy atom. The molecule has 8 nitrogen and oxygen atoms in total. The second kappa shape index (κ2) is 9.10. The fraction of sp³-hybridized carbons (Fsp3) is 0.375. The fourth-order valence-corrected chi connectivity index (χ4v) is 4.06. The molecule has 0 N–H and O–H groups in total. The first kappa shape index (κ1) is 20.7. The third-order valence-electron chi connectivity index (χ3n) is 5.72. The van der Waals surface area contributed by atoms with Crippen LogP contribution in [-0.2, 0) is 22.3 Å². The van der Waals surface area contributed by atoms with E-state index in [1.165, 1.54) is 5.56 Å². The Labute approximate surface area is 187 Å². The molecule has 0 bridgehead atoms. The van der Waals surface area contributed by atoms with Crippen molar-refractivity contribution in [3.05, 3.63) is 71.4 Å². The molecular weight excluding hydrogens is 406 g/mol. The summed E-state index contributed by atoms with van der Waals surface area (Å²) in [6.07, 6.45) is 3.49. The molecule has 2 aliphatic heterocycles. The van der Waals surface area contributed by atoms with Gasteiger partial charge in [0.1, 0.15) is 23.0 Å². The quantitative estimate of drug-likeness (QED) is 0.531. The normalized spacial score (nSPS) is 16.7. The first-order valence-electron chi connectivity index (χ1n) is 11.0. The van der Waals surface area contributed by atoms with Crippen LogP contribution in [0.5, 0.6) is 5.75 Å². The van der Waals surface area contributed by atoms with E-state index in [9.17, 15) is 0 Å². The lowest BCUT2D eigenvalue weighted by Crippen LogP contribution is -2.37. The highest BCUT2D eigenvalue weighted by Crippen LogP contribution is 2.27. The maximum absolute atomic E-state index is 6.08. The number of nitrogens with zero attached hydrogens (tertiary/aromatic N) is 5. The van der Waals surface area contributed by atoms with Gasteiger partial charge in [-0.2, -0.15) is 9.61 Å². The van der Waals surface area contributed by atoms with Gasteiger partial charge in [-0.1, -0.05) is 18.7 Å². The van der Waals surface area contributed by atoms with Crippen molar-refractivity contribution in [2.75, 3.05) is 39.5 Å². The second-order valence-corrected chi connectivity index (χ2v) is 8.00. The number of aromatic nitrogens is 4. The van der Waals surface area contributed by atoms with Gasteiger partial charge in [0.05, 0.1) is 26.4 Å². The number of benzene rings is 1. The molecule has 1 fully saturated rings. The Balaban J connectivity index is 1.33. The average Bonchev–Trinajstić information content (AvgIpc) is 3.44. The molecule has 2 aromatic heterocycles. The molecular formula is C24H27N5O3. The maximum Gasteiger partial charge on any atom is 0.177 e. The number of fused-ring (bicyclic) bond motifs is 2. The predicted molar refractivity (Wildman–Crippen MR) is 120 cm³/mol. The maximum atomic E-state index is 6.08. The second-order valence-electron chi connectivity index (χ2n) is 8.00. The summed E-state index contributed by atoms with van der Waals surface area (Å²) in [7, 11) is 0. The van der Waals surface area contributed by atoms with Gasteiger partial charge in [-0.15, -0.1) is 10.2 Å². The number of allylic oxidation sites excluding steroid dienone is 1. The SMILES string of the molecule is C=C(CN1CCOCC1)O/C(=C\C)c1ccc2nnc(Cc3ccc4c(c3)CCO4)n2n1. The van der Waals surface area contributed by atoms with E-state index in [4.69, 9.17) is 19.3 Å². The van der Waals surface area contributed by atoms with Crippen molar-refractivity contribution in [3.63, 3.8) is 0 Å². The van der Waals surface area contributed by atoms with E-state index in [-0.39, 0.29) is 0 Å². The van der Waals surface area contributed by atoms with Crippen LogP contribution in [0.4, 0.5) is 0 Å². The summed E-state index contributed by atoms with van der Waals surface area (Å²) in [5.74, 6) is 3.11. The third kappa shape index (κ3) is 4.37. The summed E-state index contributed by atoms with van der Waals surface area (Å²) in [5.41, 5.74) is 3.83. The van der Waals surface area contributed by atoms with Crippen LogP contribution in [0.15, 0.2) is 48.7 Å². The topological polar surface area (TPSA) is 74.0 Å². The zero-order valence-corrected chi connectivity index (χ0v) is 18.3. The number of morpholine rings is 1. The molecule has 1 aromatic carbocycles. The van der Waals surface area contributed by atoms with E-state index in [1.54, 1.807) is 4.52 Å². The van der Waals surface area contributed by atoms with E-state index in [0.717, 1.165) is 56.5 Å². The Bertz CT molecular complexity index is 1160. The molecule has 5 rings (SSSR count). The van der Waals surface area contributed by atoms with Crippen LogP contribution in [-0.4, -0.2) is 64.2 Å². The highest BCUT2D eigenvalue weighted by atomic mass is 16.5. The van der Waals surface area contributed by atoms with Gasteiger partial charge in [0.15, 0.2) is 11.5 Å². The van der Waals surface area contributed by atoms with Crippen LogP contribution >= 0.6 is 0 Å². The van der Waals surface area contributed by atoms with E-state index in [2.05, 4.69) is 33.8 Å². The minimum absolute atomic E-state index is 0.640. The first-order valence-corrected chi connectivity index (χ1v) is 11.0. The zero-order chi connectivity index (χ0) is 21.9. The van der Waals surface area contributed by atoms with Crippen molar-refractivity contribution >= 4 is 11.4 Å². The monoisotopic (exact) mass is 433 g/mol. The van der Waals surface area contributed by atoms with Crippen molar-refractivity contribution in [3.8, 4) is 5.75 Å². The molecule has 1 saturated heterocycles. The molecule has 0 radical (unpaired) electrons. The third-order valence-corrected chi connectivity index (χ3v) is 5.72. The molecule has 4 heterocycles. The predicted octanol–water partition coefficient (Wildman–Crippen LogP) is 2.87. The Morgan fingerprint density at radius 3 is 2.88 bits per heavy atom. The highest BCUT2D eigenvalue weighted by molar-refractivity contribution is 5.58. The van der Waals surface area contributed by atoms with Crippen molar-refractivity contribution in [1.29, 1.82) is 0 Å². The highest BCUT2D eigenvalue weighted by Gasteiger charge is 2.17. The molecule has 8 heteroatoms. The molecule has 2 aliphatic rings. The summed E-state index contributed by atoms with van der Waals surface area (Å²) in [4.78, 5) is 2.27. The van der Waals surface area contributed by atoms with Crippen LogP contribution in [0.2, 0.25) is 0 Å². The van der Waals surface area contributed by atoms with Crippen LogP contribution in [0.25, 0.3) is 11.4 Å². The largest absolute Gasteiger partial charge is 0.493 e. The van der Waals surface area contributed by atoms with Gasteiger partial charge in [-0.05, 0) is 42.3 Å². The van der Waals surface area contributed by atoms with Crippen LogP contribution in [0, 0.1) is 0 Å². The van der Waals surface area contributed by atoms with Gasteiger partial charge in [0, 0.05) is 25.9 Å². The Hall–Kier alpha value is -3.23. The number of hydrogen-bond acceptors (Lipinski definition) is 7. The molecule has 166 valence electrons. The van der Waals surface area contributed by atoms with Crippen molar-refractivity contribution in [2.45, 2.75) is 19.8 Å². The summed E-state index contributed by atoms with van der Waals surface area (Å²) in [5, 5.41) is 13.4. The van der Waals surface area contributed by atoms with Crippen LogP contribution in [0.1, 0.15) is 29.6 Å². The van der Waals surface area contributed by atoms with Crippen LogP contribution in [0.3, 0.4) is 0 Å². The van der Waals surface area contributed by atoms with E-state index >= 15 is 0 Å². The molecule has 0 aliphatic carbocycles. The molecule has 32 heavy (non-hydrogen) atoms. The van der Waals surface area contributed by atoms with E-state index in [1.807, 2.05) is 31.2 Å². The van der Waals surface area contributed by atoms with Gasteiger partial charge in [0.2, 0.25) is 0 Å². The summed E-state index contributed by atoms with van der Waals surface area (Å²) in [6, 6.07) is 10.1. The summed E-state index contributed by atoms with van der Waals surface area (Å²) in [6.45, 7) is 10.7. The molecule has 0 spiro atoms. The lowest BCUT2D eigenvalue weighted by atomic mass is 10.1. The lowest BCUT2D eigenvalue weighted by molar-refractivity contribution is 0.0380. The van der Waals surface area contributed by atoms with Gasteiger partial charge in [-0.3, -0.25) is 4.90 Å². The minimum atomic E-state index is 0.640. The lowest BCUT2D eigenvalue weighted by Gasteiger charge is -2.27. The fourth-order valence-electron chi connectivity index (χ4n) is 4.06. The van der Waals surface area contributed by atoms with E-state index in [0.29, 0.717) is 35.8 Å². The van der Waals surface area contributed by atoms with Gasteiger partial charge in [-0.25, -0.2) is 0 Å². The van der Waals surface area contributed by atoms with Crippen LogP contribution < -0.4 is 4.74 Å². The Morgan fingerprint density at radius 1 is 1.16 bits per heavy atom. The van der Waals surface area contributed by atoms with Gasteiger partial charge >= 0.3 is 0 Å². The zero-order valence-electron chi connectivity index (χ0n) is 18.3. The molecule has 0 unspecified atom stereocenters. The Kier molecular flexibility index (Phi) is 5.87. The summed E-state index contributed by atoms with van der Waals surface area (Å²) < 4.78 is 18.9. The molecule has 3 aromatic rings. The van der Waals surface area contributed by atoms with E-state index < -0.39 is 0 Å². The number of hydrogen-bond donors (Lipinski definition) is 0. The number of rotatable bonds is 7. The number of ether oxygens (including phenoxy) is 3. The van der Waals surface area contributed by atoms with Crippen molar-refractivity contribution in [1.82, 2.24) is 24.7 Å². The van der Waals surface area contributed by atoms with Crippen molar-refractivity contribution in [2.24, 2.45) is 0 Å². The molecule has 0 amide bonds. The standard InChI is InChI=1S/C24H27N5O3/c1-3-21(32-17(2)16-28-9-12-30-13-10-28)20-5-7-23-25-26-24(29(23)27-20)15-18-4-6-22-19(14-18)8-11-31-22/h3-7,14H,2,8-13,15-16H2,1H3/b21-3-. The molecule has 0 saturated carbocycles. The average molecular weight is 434 g/mol. The first-order chi connectivity index (χ1) is 15.7. The molecule has 0 atom stereocenters. The van der Waals surface area contributed by atoms with Gasteiger partial charge < -0.3 is 14.2 Å².